The number of aryl methyl sites for hydroxylation is 1. The molecule has 2 aromatic carbocycles. The number of aliphatic hydroxyl groups is 1. The van der Waals surface area contributed by atoms with Gasteiger partial charge in [-0.1, -0.05) is 12.1 Å². The summed E-state index contributed by atoms with van der Waals surface area (Å²) in [6.45, 7) is 5.41. The van der Waals surface area contributed by atoms with E-state index >= 15 is 0 Å². The number of nitrogens with zero attached hydrogens (tertiary/aromatic N) is 3. The Morgan fingerprint density at radius 2 is 1.77 bits per heavy atom. The van der Waals surface area contributed by atoms with Gasteiger partial charge in [-0.25, -0.2) is 4.98 Å². The van der Waals surface area contributed by atoms with Gasteiger partial charge in [0.05, 0.1) is 18.1 Å². The third-order valence-corrected chi connectivity index (χ3v) is 6.11. The fourth-order valence-electron chi connectivity index (χ4n) is 4.28. The summed E-state index contributed by atoms with van der Waals surface area (Å²) in [6, 6.07) is 18.2. The molecule has 3 N–H and O–H groups in total. The normalized spacial score (nSPS) is 19.6. The Kier molecular flexibility index (Phi) is 6.21. The van der Waals surface area contributed by atoms with Crippen molar-refractivity contribution in [1.82, 2.24) is 9.55 Å². The van der Waals surface area contributed by atoms with E-state index < -0.39 is 0 Å². The molecular weight excluding hydrogens is 390 g/mol. The molecule has 0 bridgehead atoms. The summed E-state index contributed by atoms with van der Waals surface area (Å²) < 4.78 is 7.10. The monoisotopic (exact) mass is 419 g/mol. The summed E-state index contributed by atoms with van der Waals surface area (Å²) >= 11 is 0. The molecule has 7 heteroatoms. The number of nitrogens with one attached hydrogen (secondary N) is 2. The van der Waals surface area contributed by atoms with E-state index in [0.717, 1.165) is 49.5 Å². The van der Waals surface area contributed by atoms with Gasteiger partial charge in [0.1, 0.15) is 56.7 Å². The van der Waals surface area contributed by atoms with Crippen molar-refractivity contribution in [2.45, 2.75) is 6.54 Å². The van der Waals surface area contributed by atoms with Crippen molar-refractivity contribution in [3.63, 3.8) is 0 Å². The van der Waals surface area contributed by atoms with E-state index in [0.29, 0.717) is 12.4 Å². The molecule has 1 aliphatic rings. The molecule has 3 aromatic rings. The van der Waals surface area contributed by atoms with Crippen LogP contribution >= 0.6 is 0 Å². The molecule has 4 rings (SSSR count). The molecule has 0 aliphatic carbocycles. The summed E-state index contributed by atoms with van der Waals surface area (Å²) in [6.07, 6.45) is 0. The van der Waals surface area contributed by atoms with Gasteiger partial charge < -0.3 is 24.2 Å². The average Bonchev–Trinajstić information content (AvgIpc) is 3.12. The lowest BCUT2D eigenvalue weighted by Gasteiger charge is -2.29. The highest BCUT2D eigenvalue weighted by Gasteiger charge is 2.26. The number of allylic oxidation sites excluding steroid dienone is 1. The number of para-hydroxylation sites is 2. The third kappa shape index (κ3) is 4.55. The van der Waals surface area contributed by atoms with Crippen LogP contribution < -0.4 is 14.5 Å². The van der Waals surface area contributed by atoms with Gasteiger partial charge in [0.15, 0.2) is 11.6 Å². The second kappa shape index (κ2) is 9.21. The second-order valence-corrected chi connectivity index (χ2v) is 8.12. The summed E-state index contributed by atoms with van der Waals surface area (Å²) in [5.74, 6) is 1.52. The van der Waals surface area contributed by atoms with Crippen LogP contribution in [0.25, 0.3) is 16.6 Å². The fraction of sp³-hybridized carbons (Fsp3) is 0.333. The van der Waals surface area contributed by atoms with Crippen molar-refractivity contribution in [3.05, 3.63) is 65.7 Å². The molecule has 1 aliphatic heterocycles. The predicted octanol–water partition coefficient (Wildman–Crippen LogP) is 0.358. The van der Waals surface area contributed by atoms with Crippen molar-refractivity contribution in [2.75, 3.05) is 39.8 Å². The lowest BCUT2D eigenvalue weighted by molar-refractivity contribution is -1.02. The van der Waals surface area contributed by atoms with Crippen LogP contribution in [0.1, 0.15) is 11.4 Å². The number of ether oxygens (including phenoxy) is 1. The zero-order valence-electron chi connectivity index (χ0n) is 18.1. The number of rotatable bonds is 6. The maximum atomic E-state index is 10.8. The van der Waals surface area contributed by atoms with Crippen LogP contribution in [0.4, 0.5) is 0 Å². The Morgan fingerprint density at radius 1 is 1.10 bits per heavy atom. The number of nitriles is 1. The van der Waals surface area contributed by atoms with Crippen LogP contribution in [-0.4, -0.2) is 54.5 Å². The van der Waals surface area contributed by atoms with E-state index in [2.05, 4.69) is 23.2 Å². The molecule has 0 atom stereocenters. The van der Waals surface area contributed by atoms with Crippen LogP contribution in [0.3, 0.4) is 0 Å². The first-order valence-electron chi connectivity index (χ1n) is 10.6. The lowest BCUT2D eigenvalue weighted by Crippen LogP contribution is -3.27. The highest BCUT2D eigenvalue weighted by molar-refractivity contribution is 5.83. The number of quaternary nitrogens is 2. The van der Waals surface area contributed by atoms with Gasteiger partial charge in [0, 0.05) is 12.6 Å². The van der Waals surface area contributed by atoms with Crippen LogP contribution in [0, 0.1) is 11.3 Å². The number of aliphatic hydroxyl groups excluding tert-OH is 1. The van der Waals surface area contributed by atoms with Crippen molar-refractivity contribution in [1.29, 1.82) is 5.26 Å². The molecule has 1 saturated heterocycles. The van der Waals surface area contributed by atoms with E-state index in [1.807, 2.05) is 48.0 Å². The summed E-state index contributed by atoms with van der Waals surface area (Å²) in [4.78, 5) is 7.40. The Labute approximate surface area is 182 Å². The highest BCUT2D eigenvalue weighted by Crippen LogP contribution is 2.21. The largest absolute Gasteiger partial charge is 0.506 e. The molecule has 0 amide bonds. The van der Waals surface area contributed by atoms with Crippen LogP contribution in [-0.2, 0) is 13.6 Å². The first-order chi connectivity index (χ1) is 15.1. The maximum Gasteiger partial charge on any atom is 0.169 e. The molecule has 31 heavy (non-hydrogen) atoms. The van der Waals surface area contributed by atoms with Gasteiger partial charge in [0.2, 0.25) is 0 Å². The van der Waals surface area contributed by atoms with Crippen molar-refractivity contribution in [2.24, 2.45) is 7.05 Å². The first-order valence-corrected chi connectivity index (χ1v) is 10.6. The molecule has 0 radical (unpaired) electrons. The highest BCUT2D eigenvalue weighted by atomic mass is 16.5. The number of imidazole rings is 1. The van der Waals surface area contributed by atoms with Crippen molar-refractivity contribution in [3.8, 4) is 11.8 Å². The van der Waals surface area contributed by atoms with Crippen LogP contribution in [0.15, 0.2) is 54.3 Å². The van der Waals surface area contributed by atoms with E-state index in [1.165, 1.54) is 15.4 Å². The standard InChI is InChI=1S/C24H27N5O2/c1-27-22-6-4-3-5-21(22)26-24(27)20(15-25)23(30)17-29-13-11-28(12-14-29)16-18-7-9-19(31-2)10-8-18/h3-10,30H,11-14,16-17H2,1-2H3/p+2/b23-20-. The topological polar surface area (TPSA) is 80.0 Å². The predicted molar refractivity (Wildman–Crippen MR) is 119 cm³/mol. The molecule has 1 aromatic heterocycles. The molecule has 0 saturated carbocycles. The van der Waals surface area contributed by atoms with Crippen molar-refractivity contribution < 1.29 is 19.6 Å². The molecule has 2 heterocycles. The number of methoxy groups -OCH3 is 1. The lowest BCUT2D eigenvalue weighted by atomic mass is 10.1. The Balaban J connectivity index is 1.40. The minimum Gasteiger partial charge on any atom is -0.506 e. The van der Waals surface area contributed by atoms with Gasteiger partial charge in [-0.2, -0.15) is 5.26 Å². The molecule has 1 fully saturated rings. The number of hydrogen-bond donors (Lipinski definition) is 3. The van der Waals surface area contributed by atoms with Gasteiger partial charge in [-0.3, -0.25) is 0 Å². The molecule has 7 nitrogen and oxygen atoms in total. The molecule has 0 unspecified atom stereocenters. The first kappa shape index (κ1) is 20.9. The number of fused-ring (bicyclic) bond motifs is 1. The number of piperazine rings is 1. The van der Waals surface area contributed by atoms with Gasteiger partial charge in [0.25, 0.3) is 0 Å². The third-order valence-electron chi connectivity index (χ3n) is 6.11. The minimum atomic E-state index is 0.120. The zero-order chi connectivity index (χ0) is 21.8. The van der Waals surface area contributed by atoms with E-state index in [-0.39, 0.29) is 11.3 Å². The average molecular weight is 420 g/mol. The van der Waals surface area contributed by atoms with Gasteiger partial charge in [-0.05, 0) is 36.4 Å². The fourth-order valence-corrected chi connectivity index (χ4v) is 4.28. The summed E-state index contributed by atoms with van der Waals surface area (Å²) in [5, 5.41) is 20.5. The summed E-state index contributed by atoms with van der Waals surface area (Å²) in [5.41, 5.74) is 3.33. The molecule has 160 valence electrons. The molecule has 0 spiro atoms. The Bertz CT molecular complexity index is 1120. The zero-order valence-corrected chi connectivity index (χ0v) is 18.1. The van der Waals surface area contributed by atoms with E-state index in [1.54, 1.807) is 7.11 Å². The second-order valence-electron chi connectivity index (χ2n) is 8.12. The molecular formula is C24H29N5O2+2. The SMILES string of the molecule is COc1ccc(C[NH+]2CC[NH+](C/C(O)=C(\C#N)c3nc4ccccc4n3C)CC2)cc1. The maximum absolute atomic E-state index is 10.8. The van der Waals surface area contributed by atoms with Crippen LogP contribution in [0.2, 0.25) is 0 Å². The number of hydrogen-bond acceptors (Lipinski definition) is 4. The quantitative estimate of drug-likeness (QED) is 0.398. The van der Waals surface area contributed by atoms with Gasteiger partial charge >= 0.3 is 0 Å². The van der Waals surface area contributed by atoms with E-state index in [9.17, 15) is 10.4 Å². The number of aromatic nitrogens is 2. The van der Waals surface area contributed by atoms with Gasteiger partial charge in [-0.15, -0.1) is 0 Å². The van der Waals surface area contributed by atoms with E-state index in [4.69, 9.17) is 4.74 Å². The minimum absolute atomic E-state index is 0.120. The van der Waals surface area contributed by atoms with Crippen LogP contribution in [0.5, 0.6) is 5.75 Å². The Morgan fingerprint density at radius 3 is 2.42 bits per heavy atom. The number of benzene rings is 2. The summed E-state index contributed by atoms with van der Waals surface area (Å²) in [7, 11) is 3.56. The smallest absolute Gasteiger partial charge is 0.169 e. The Hall–Kier alpha value is -3.34. The van der Waals surface area contributed by atoms with Crippen molar-refractivity contribution >= 4 is 16.6 Å².